The average Bonchev–Trinajstić information content (AvgIpc) is 2.32. The SMILES string of the molecule is CCOC1(c2ccccc2)COCC[N]1. The van der Waals surface area contributed by atoms with Gasteiger partial charge in [-0.25, -0.2) is 0 Å². The van der Waals surface area contributed by atoms with E-state index in [0.29, 0.717) is 26.4 Å². The molecule has 1 aromatic carbocycles. The van der Waals surface area contributed by atoms with Crippen molar-refractivity contribution >= 4 is 0 Å². The van der Waals surface area contributed by atoms with Crippen molar-refractivity contribution in [3.8, 4) is 0 Å². The summed E-state index contributed by atoms with van der Waals surface area (Å²) in [5.41, 5.74) is 0.500. The van der Waals surface area contributed by atoms with Crippen molar-refractivity contribution < 1.29 is 9.47 Å². The van der Waals surface area contributed by atoms with Gasteiger partial charge in [0, 0.05) is 18.7 Å². The molecule has 1 unspecified atom stereocenters. The highest BCUT2D eigenvalue weighted by Gasteiger charge is 2.36. The minimum atomic E-state index is -0.575. The Hall–Kier alpha value is -0.900. The first-order valence-corrected chi connectivity index (χ1v) is 5.33. The van der Waals surface area contributed by atoms with E-state index in [9.17, 15) is 0 Å². The molecule has 1 aliphatic rings. The fraction of sp³-hybridized carbons (Fsp3) is 0.500. The van der Waals surface area contributed by atoms with Gasteiger partial charge < -0.3 is 9.47 Å². The number of nitrogens with zero attached hydrogens (tertiary/aromatic N) is 1. The fourth-order valence-corrected chi connectivity index (χ4v) is 1.83. The monoisotopic (exact) mass is 206 g/mol. The maximum atomic E-state index is 5.76. The van der Waals surface area contributed by atoms with Crippen molar-refractivity contribution in [3.63, 3.8) is 0 Å². The van der Waals surface area contributed by atoms with Gasteiger partial charge in [-0.3, -0.25) is 0 Å². The molecule has 0 N–H and O–H groups in total. The highest BCUT2D eigenvalue weighted by atomic mass is 16.6. The molecule has 1 fully saturated rings. The second-order valence-corrected chi connectivity index (χ2v) is 3.52. The molecule has 3 nitrogen and oxygen atoms in total. The minimum absolute atomic E-state index is 0.519. The lowest BCUT2D eigenvalue weighted by atomic mass is 10.0. The van der Waals surface area contributed by atoms with E-state index >= 15 is 0 Å². The van der Waals surface area contributed by atoms with Crippen LogP contribution in [0, 0.1) is 0 Å². The molecule has 0 aromatic heterocycles. The zero-order valence-corrected chi connectivity index (χ0v) is 8.98. The summed E-state index contributed by atoms with van der Waals surface area (Å²) in [6, 6.07) is 10.1. The Labute approximate surface area is 90.4 Å². The Kier molecular flexibility index (Phi) is 3.36. The van der Waals surface area contributed by atoms with Crippen LogP contribution in [-0.2, 0) is 15.2 Å². The van der Waals surface area contributed by atoms with Crippen LogP contribution >= 0.6 is 0 Å². The third-order valence-corrected chi connectivity index (χ3v) is 2.51. The molecule has 0 saturated carbocycles. The lowest BCUT2D eigenvalue weighted by molar-refractivity contribution is -0.148. The lowest BCUT2D eigenvalue weighted by Gasteiger charge is -2.36. The zero-order valence-electron chi connectivity index (χ0n) is 8.98. The van der Waals surface area contributed by atoms with Crippen LogP contribution in [0.5, 0.6) is 0 Å². The molecule has 1 radical (unpaired) electrons. The Morgan fingerprint density at radius 3 is 2.80 bits per heavy atom. The van der Waals surface area contributed by atoms with Crippen molar-refractivity contribution in [2.75, 3.05) is 26.4 Å². The number of benzene rings is 1. The normalized spacial score (nSPS) is 26.5. The van der Waals surface area contributed by atoms with Gasteiger partial charge >= 0.3 is 0 Å². The number of hydrogen-bond acceptors (Lipinski definition) is 2. The Bertz CT molecular complexity index is 288. The molecule has 3 heteroatoms. The molecule has 1 heterocycles. The molecule has 0 bridgehead atoms. The van der Waals surface area contributed by atoms with Gasteiger partial charge in [0.15, 0.2) is 5.72 Å². The molecular formula is C12H16NO2. The molecule has 2 rings (SSSR count). The summed E-state index contributed by atoms with van der Waals surface area (Å²) in [5, 5.41) is 4.57. The molecule has 0 amide bonds. The van der Waals surface area contributed by atoms with Gasteiger partial charge in [0.25, 0.3) is 0 Å². The summed E-state index contributed by atoms with van der Waals surface area (Å²) in [7, 11) is 0. The summed E-state index contributed by atoms with van der Waals surface area (Å²) in [5.74, 6) is 0. The summed E-state index contributed by atoms with van der Waals surface area (Å²) < 4.78 is 11.2. The zero-order chi connectivity index (χ0) is 10.6. The summed E-state index contributed by atoms with van der Waals surface area (Å²) in [6.07, 6.45) is 0. The number of hydrogen-bond donors (Lipinski definition) is 0. The minimum Gasteiger partial charge on any atom is -0.375 e. The van der Waals surface area contributed by atoms with Gasteiger partial charge in [0.05, 0.1) is 13.2 Å². The number of morpholine rings is 1. The Morgan fingerprint density at radius 1 is 1.40 bits per heavy atom. The van der Waals surface area contributed by atoms with Crippen LogP contribution < -0.4 is 5.32 Å². The van der Waals surface area contributed by atoms with E-state index in [1.54, 1.807) is 0 Å². The first-order chi connectivity index (χ1) is 7.37. The van der Waals surface area contributed by atoms with Crippen LogP contribution in [0.1, 0.15) is 12.5 Å². The second kappa shape index (κ2) is 4.75. The molecule has 1 aliphatic heterocycles. The van der Waals surface area contributed by atoms with E-state index < -0.39 is 5.72 Å². The summed E-state index contributed by atoms with van der Waals surface area (Å²) in [4.78, 5) is 0. The quantitative estimate of drug-likeness (QED) is 0.751. The summed E-state index contributed by atoms with van der Waals surface area (Å²) >= 11 is 0. The van der Waals surface area contributed by atoms with Crippen molar-refractivity contribution in [1.29, 1.82) is 0 Å². The molecule has 81 valence electrons. The van der Waals surface area contributed by atoms with Crippen molar-refractivity contribution in [2.45, 2.75) is 12.6 Å². The maximum absolute atomic E-state index is 5.76. The van der Waals surface area contributed by atoms with Crippen LogP contribution in [0.3, 0.4) is 0 Å². The van der Waals surface area contributed by atoms with Crippen LogP contribution in [0.15, 0.2) is 30.3 Å². The number of ether oxygens (including phenoxy) is 2. The van der Waals surface area contributed by atoms with Crippen LogP contribution in [0.25, 0.3) is 0 Å². The highest BCUT2D eigenvalue weighted by molar-refractivity contribution is 5.22. The molecule has 1 atom stereocenters. The van der Waals surface area contributed by atoms with Crippen molar-refractivity contribution in [3.05, 3.63) is 35.9 Å². The molecule has 1 aromatic rings. The van der Waals surface area contributed by atoms with E-state index in [2.05, 4.69) is 5.32 Å². The lowest BCUT2D eigenvalue weighted by Crippen LogP contribution is -2.49. The average molecular weight is 206 g/mol. The maximum Gasteiger partial charge on any atom is 0.183 e. The third kappa shape index (κ3) is 2.20. The topological polar surface area (TPSA) is 32.6 Å². The largest absolute Gasteiger partial charge is 0.375 e. The van der Waals surface area contributed by atoms with E-state index in [1.807, 2.05) is 37.3 Å². The van der Waals surface area contributed by atoms with Crippen LogP contribution in [0.4, 0.5) is 0 Å². The molecular weight excluding hydrogens is 190 g/mol. The van der Waals surface area contributed by atoms with Crippen LogP contribution in [0.2, 0.25) is 0 Å². The van der Waals surface area contributed by atoms with E-state index in [0.717, 1.165) is 5.56 Å². The van der Waals surface area contributed by atoms with E-state index in [4.69, 9.17) is 9.47 Å². The molecule has 1 saturated heterocycles. The highest BCUT2D eigenvalue weighted by Crippen LogP contribution is 2.26. The number of rotatable bonds is 3. The van der Waals surface area contributed by atoms with E-state index in [1.165, 1.54) is 0 Å². The predicted octanol–water partition coefficient (Wildman–Crippen LogP) is 1.51. The summed E-state index contributed by atoms with van der Waals surface area (Å²) in [6.45, 7) is 4.54. The smallest absolute Gasteiger partial charge is 0.183 e. The Morgan fingerprint density at radius 2 is 2.20 bits per heavy atom. The molecule has 0 spiro atoms. The second-order valence-electron chi connectivity index (χ2n) is 3.52. The van der Waals surface area contributed by atoms with Gasteiger partial charge in [0.1, 0.15) is 0 Å². The third-order valence-electron chi connectivity index (χ3n) is 2.51. The fourth-order valence-electron chi connectivity index (χ4n) is 1.83. The van der Waals surface area contributed by atoms with Gasteiger partial charge in [0.2, 0.25) is 0 Å². The van der Waals surface area contributed by atoms with Crippen LogP contribution in [-0.4, -0.2) is 26.4 Å². The van der Waals surface area contributed by atoms with Crippen molar-refractivity contribution in [2.24, 2.45) is 0 Å². The molecule has 0 aliphatic carbocycles. The van der Waals surface area contributed by atoms with Gasteiger partial charge in [-0.1, -0.05) is 30.3 Å². The first kappa shape index (κ1) is 10.6. The Balaban J connectivity index is 2.25. The standard InChI is InChI=1S/C12H16NO2/c1-2-15-12(10-14-9-8-13-12)11-6-4-3-5-7-11/h3-7H,2,8-10H2,1H3. The van der Waals surface area contributed by atoms with Crippen molar-refractivity contribution in [1.82, 2.24) is 5.32 Å². The van der Waals surface area contributed by atoms with Gasteiger partial charge in [-0.15, -0.1) is 0 Å². The predicted molar refractivity (Wildman–Crippen MR) is 57.6 cm³/mol. The first-order valence-electron chi connectivity index (χ1n) is 5.33. The van der Waals surface area contributed by atoms with E-state index in [-0.39, 0.29) is 0 Å². The van der Waals surface area contributed by atoms with Gasteiger partial charge in [-0.2, -0.15) is 5.32 Å². The van der Waals surface area contributed by atoms with Gasteiger partial charge in [-0.05, 0) is 6.92 Å². The molecule has 15 heavy (non-hydrogen) atoms.